The van der Waals surface area contributed by atoms with E-state index in [-0.39, 0.29) is 5.91 Å². The summed E-state index contributed by atoms with van der Waals surface area (Å²) in [6, 6.07) is 22.6. The van der Waals surface area contributed by atoms with E-state index in [1.807, 2.05) is 37.3 Å². The van der Waals surface area contributed by atoms with Gasteiger partial charge >= 0.3 is 0 Å². The van der Waals surface area contributed by atoms with E-state index in [9.17, 15) is 4.79 Å². The van der Waals surface area contributed by atoms with Gasteiger partial charge in [-0.25, -0.2) is 0 Å². The summed E-state index contributed by atoms with van der Waals surface area (Å²) in [7, 11) is 0. The number of carbonyl (C=O) groups is 1. The third-order valence-corrected chi connectivity index (χ3v) is 5.78. The number of carbonyl (C=O) groups excluding carboxylic acids is 1. The highest BCUT2D eigenvalue weighted by Crippen LogP contribution is 2.26. The van der Waals surface area contributed by atoms with Crippen LogP contribution in [0, 0.1) is 0 Å². The number of nitrogens with one attached hydrogen (secondary N) is 1. The molecule has 4 rings (SSSR count). The smallest absolute Gasteiger partial charge is 0.261 e. The first kappa shape index (κ1) is 20.4. The first-order chi connectivity index (χ1) is 14.7. The number of hydrogen-bond donors (Lipinski definition) is 1. The van der Waals surface area contributed by atoms with Crippen LogP contribution < -0.4 is 10.1 Å². The molecule has 1 amide bonds. The van der Waals surface area contributed by atoms with Crippen LogP contribution in [0.2, 0.25) is 0 Å². The summed E-state index contributed by atoms with van der Waals surface area (Å²) in [6.07, 6.45) is 2.72. The van der Waals surface area contributed by atoms with Crippen molar-refractivity contribution in [2.75, 3.05) is 13.1 Å². The molecule has 0 spiro atoms. The second kappa shape index (κ2) is 9.77. The third kappa shape index (κ3) is 5.00. The van der Waals surface area contributed by atoms with Crippen molar-refractivity contribution in [3.05, 3.63) is 77.9 Å². The molecule has 1 saturated heterocycles. The minimum absolute atomic E-state index is 0.0772. The van der Waals surface area contributed by atoms with Crippen LogP contribution in [0.4, 0.5) is 0 Å². The highest BCUT2D eigenvalue weighted by atomic mass is 16.5. The highest BCUT2D eigenvalue weighted by molar-refractivity contribution is 5.89. The fourth-order valence-corrected chi connectivity index (χ4v) is 4.04. The predicted molar refractivity (Wildman–Crippen MR) is 121 cm³/mol. The van der Waals surface area contributed by atoms with Crippen molar-refractivity contribution in [2.24, 2.45) is 0 Å². The first-order valence-electron chi connectivity index (χ1n) is 11.0. The molecule has 4 nitrogen and oxygen atoms in total. The number of likely N-dealkylation sites (tertiary alicyclic amines) is 1. The topological polar surface area (TPSA) is 41.6 Å². The van der Waals surface area contributed by atoms with Crippen molar-refractivity contribution < 1.29 is 9.53 Å². The van der Waals surface area contributed by atoms with Gasteiger partial charge < -0.3 is 10.1 Å². The lowest BCUT2D eigenvalue weighted by Gasteiger charge is -2.19. The fraction of sp³-hybridized carbons (Fsp3) is 0.346. The normalized spacial score (nSPS) is 15.2. The van der Waals surface area contributed by atoms with Gasteiger partial charge in [-0.05, 0) is 54.9 Å². The Morgan fingerprint density at radius 1 is 0.967 bits per heavy atom. The van der Waals surface area contributed by atoms with Crippen LogP contribution in [0.5, 0.6) is 5.75 Å². The Kier molecular flexibility index (Phi) is 6.65. The molecule has 1 N–H and O–H groups in total. The lowest BCUT2D eigenvalue weighted by molar-refractivity contribution is -0.128. The number of hydrogen-bond acceptors (Lipinski definition) is 3. The molecule has 0 radical (unpaired) electrons. The van der Waals surface area contributed by atoms with E-state index >= 15 is 0 Å². The molecule has 3 aromatic rings. The van der Waals surface area contributed by atoms with E-state index in [2.05, 4.69) is 46.6 Å². The summed E-state index contributed by atoms with van der Waals surface area (Å²) in [6.45, 7) is 5.91. The Morgan fingerprint density at radius 3 is 2.43 bits per heavy atom. The standard InChI is InChI=1S/C26H30N2O2/c1-2-24(30-25-11-7-9-22-8-3-4-10-23(22)25)26(29)27-18-20-12-14-21(15-13-20)19-28-16-5-6-17-28/h3-4,7-15,24H,2,5-6,16-19H2,1H3,(H,27,29)/t24-/m1/s1. The number of fused-ring (bicyclic) bond motifs is 1. The molecule has 0 unspecified atom stereocenters. The molecule has 0 aliphatic carbocycles. The molecule has 0 bridgehead atoms. The van der Waals surface area contributed by atoms with Gasteiger partial charge in [-0.3, -0.25) is 9.69 Å². The molecule has 1 fully saturated rings. The van der Waals surface area contributed by atoms with E-state index in [0.717, 1.165) is 28.6 Å². The molecule has 1 atom stereocenters. The van der Waals surface area contributed by atoms with Gasteiger partial charge in [-0.2, -0.15) is 0 Å². The average Bonchev–Trinajstić information content (AvgIpc) is 3.30. The largest absolute Gasteiger partial charge is 0.480 e. The average molecular weight is 403 g/mol. The van der Waals surface area contributed by atoms with Crippen LogP contribution in [-0.2, 0) is 17.9 Å². The summed E-state index contributed by atoms with van der Waals surface area (Å²) in [5.74, 6) is 0.674. The van der Waals surface area contributed by atoms with E-state index in [4.69, 9.17) is 4.74 Å². The molecule has 3 aromatic carbocycles. The number of nitrogens with zero attached hydrogens (tertiary/aromatic N) is 1. The van der Waals surface area contributed by atoms with E-state index < -0.39 is 6.10 Å². The van der Waals surface area contributed by atoms with Gasteiger partial charge in [0.25, 0.3) is 5.91 Å². The van der Waals surface area contributed by atoms with Crippen LogP contribution in [0.25, 0.3) is 10.8 Å². The number of rotatable bonds is 8. The Hall–Kier alpha value is -2.85. The summed E-state index contributed by atoms with van der Waals surface area (Å²) in [4.78, 5) is 15.2. The summed E-state index contributed by atoms with van der Waals surface area (Å²) in [5, 5.41) is 5.17. The van der Waals surface area contributed by atoms with Crippen molar-refractivity contribution >= 4 is 16.7 Å². The maximum Gasteiger partial charge on any atom is 0.261 e. The molecular formula is C26H30N2O2. The zero-order chi connectivity index (χ0) is 20.8. The predicted octanol–water partition coefficient (Wildman–Crippen LogP) is 4.91. The monoisotopic (exact) mass is 402 g/mol. The highest BCUT2D eigenvalue weighted by Gasteiger charge is 2.19. The summed E-state index contributed by atoms with van der Waals surface area (Å²) in [5.41, 5.74) is 2.44. The SMILES string of the molecule is CC[C@@H](Oc1cccc2ccccc12)C(=O)NCc1ccc(CN2CCCC2)cc1. The van der Waals surface area contributed by atoms with E-state index in [0.29, 0.717) is 13.0 Å². The van der Waals surface area contributed by atoms with Gasteiger partial charge in [-0.15, -0.1) is 0 Å². The van der Waals surface area contributed by atoms with Crippen molar-refractivity contribution in [1.29, 1.82) is 0 Å². The molecule has 156 valence electrons. The molecule has 1 aliphatic heterocycles. The van der Waals surface area contributed by atoms with Crippen LogP contribution in [-0.4, -0.2) is 30.0 Å². The van der Waals surface area contributed by atoms with Gasteiger partial charge in [0.05, 0.1) is 0 Å². The van der Waals surface area contributed by atoms with Crippen LogP contribution in [0.15, 0.2) is 66.7 Å². The zero-order valence-electron chi connectivity index (χ0n) is 17.6. The minimum Gasteiger partial charge on any atom is -0.480 e. The molecule has 1 heterocycles. The number of benzene rings is 3. The minimum atomic E-state index is -0.509. The van der Waals surface area contributed by atoms with Crippen LogP contribution in [0.3, 0.4) is 0 Å². The molecule has 0 saturated carbocycles. The fourth-order valence-electron chi connectivity index (χ4n) is 4.04. The first-order valence-corrected chi connectivity index (χ1v) is 11.0. The van der Waals surface area contributed by atoms with Crippen LogP contribution in [0.1, 0.15) is 37.3 Å². The second-order valence-electron chi connectivity index (χ2n) is 8.01. The lowest BCUT2D eigenvalue weighted by Crippen LogP contribution is -2.37. The van der Waals surface area contributed by atoms with Gasteiger partial charge in [-0.1, -0.05) is 67.6 Å². The second-order valence-corrected chi connectivity index (χ2v) is 8.01. The molecule has 1 aliphatic rings. The summed E-state index contributed by atoms with van der Waals surface area (Å²) < 4.78 is 6.10. The summed E-state index contributed by atoms with van der Waals surface area (Å²) >= 11 is 0. The number of ether oxygens (including phenoxy) is 1. The van der Waals surface area contributed by atoms with Gasteiger partial charge in [0.2, 0.25) is 0 Å². The Balaban J connectivity index is 1.34. The van der Waals surface area contributed by atoms with Crippen LogP contribution >= 0.6 is 0 Å². The maximum atomic E-state index is 12.7. The molecule has 4 heteroatoms. The Bertz CT molecular complexity index is 972. The van der Waals surface area contributed by atoms with E-state index in [1.165, 1.54) is 31.5 Å². The quantitative estimate of drug-likeness (QED) is 0.582. The van der Waals surface area contributed by atoms with Gasteiger partial charge in [0.1, 0.15) is 5.75 Å². The van der Waals surface area contributed by atoms with Crippen molar-refractivity contribution in [1.82, 2.24) is 10.2 Å². The van der Waals surface area contributed by atoms with Gasteiger partial charge in [0.15, 0.2) is 6.10 Å². The Morgan fingerprint density at radius 2 is 1.67 bits per heavy atom. The van der Waals surface area contributed by atoms with Crippen molar-refractivity contribution in [3.8, 4) is 5.75 Å². The third-order valence-electron chi connectivity index (χ3n) is 5.78. The number of amides is 1. The lowest BCUT2D eigenvalue weighted by atomic mass is 10.1. The molecular weight excluding hydrogens is 372 g/mol. The maximum absolute atomic E-state index is 12.7. The molecule has 0 aromatic heterocycles. The van der Waals surface area contributed by atoms with Crippen molar-refractivity contribution in [3.63, 3.8) is 0 Å². The Labute approximate surface area is 178 Å². The van der Waals surface area contributed by atoms with Crippen molar-refractivity contribution in [2.45, 2.75) is 45.4 Å². The molecule has 30 heavy (non-hydrogen) atoms. The zero-order valence-corrected chi connectivity index (χ0v) is 17.6. The van der Waals surface area contributed by atoms with Gasteiger partial charge in [0, 0.05) is 18.5 Å². The van der Waals surface area contributed by atoms with E-state index in [1.54, 1.807) is 0 Å².